The molecule has 0 aliphatic carbocycles. The van der Waals surface area contributed by atoms with Crippen molar-refractivity contribution in [1.29, 1.82) is 0 Å². The van der Waals surface area contributed by atoms with E-state index in [1.54, 1.807) is 13.0 Å². The van der Waals surface area contributed by atoms with Crippen LogP contribution in [0, 0.1) is 17.0 Å². The van der Waals surface area contributed by atoms with Gasteiger partial charge in [0.2, 0.25) is 10.0 Å². The molecule has 1 atom stereocenters. The van der Waals surface area contributed by atoms with Gasteiger partial charge in [-0.05, 0) is 43.0 Å². The number of nitrogens with zero attached hydrogens (tertiary/aromatic N) is 2. The number of ether oxygens (including phenoxy) is 2. The Morgan fingerprint density at radius 1 is 1.11 bits per heavy atom. The van der Waals surface area contributed by atoms with Crippen molar-refractivity contribution in [3.8, 4) is 11.5 Å². The van der Waals surface area contributed by atoms with Gasteiger partial charge in [0.25, 0.3) is 5.69 Å². The summed E-state index contributed by atoms with van der Waals surface area (Å²) < 4.78 is 39.3. The summed E-state index contributed by atoms with van der Waals surface area (Å²) in [5.41, 5.74) is 1.08. The molecule has 4 rings (SSSR count). The van der Waals surface area contributed by atoms with Gasteiger partial charge in [-0.2, -0.15) is 4.31 Å². The van der Waals surface area contributed by atoms with E-state index in [4.69, 9.17) is 9.47 Å². The second kappa shape index (κ2) is 7.06. The summed E-state index contributed by atoms with van der Waals surface area (Å²) in [5.74, 6) is 1.26. The molecule has 2 aliphatic rings. The first-order valence-electron chi connectivity index (χ1n) is 9.04. The topological polar surface area (TPSA) is 99.0 Å². The summed E-state index contributed by atoms with van der Waals surface area (Å²) in [4.78, 5) is 10.5. The van der Waals surface area contributed by atoms with Gasteiger partial charge in [0.15, 0.2) is 11.5 Å². The highest BCUT2D eigenvalue weighted by atomic mass is 32.2. The first-order chi connectivity index (χ1) is 13.4. The zero-order chi connectivity index (χ0) is 19.9. The lowest BCUT2D eigenvalue weighted by Gasteiger charge is -2.26. The Kier molecular flexibility index (Phi) is 4.72. The van der Waals surface area contributed by atoms with Crippen molar-refractivity contribution in [2.75, 3.05) is 19.8 Å². The molecule has 0 amide bonds. The number of hydrogen-bond acceptors (Lipinski definition) is 6. The largest absolute Gasteiger partial charge is 0.486 e. The molecule has 2 heterocycles. The third-order valence-electron chi connectivity index (χ3n) is 5.12. The number of sulfonamides is 1. The maximum absolute atomic E-state index is 13.3. The summed E-state index contributed by atoms with van der Waals surface area (Å²) in [7, 11) is -3.89. The summed E-state index contributed by atoms with van der Waals surface area (Å²) in [6.07, 6.45) is 1.39. The first-order valence-corrected chi connectivity index (χ1v) is 10.5. The van der Waals surface area contributed by atoms with Crippen molar-refractivity contribution in [2.45, 2.75) is 30.7 Å². The second-order valence-corrected chi connectivity index (χ2v) is 8.74. The number of aryl methyl sites for hydroxylation is 1. The van der Waals surface area contributed by atoms with Crippen molar-refractivity contribution < 1.29 is 22.8 Å². The maximum Gasteiger partial charge on any atom is 0.270 e. The van der Waals surface area contributed by atoms with Crippen LogP contribution in [0.5, 0.6) is 11.5 Å². The van der Waals surface area contributed by atoms with Crippen LogP contribution in [0.15, 0.2) is 41.3 Å². The predicted molar refractivity (Wildman–Crippen MR) is 101 cm³/mol. The summed E-state index contributed by atoms with van der Waals surface area (Å²) in [6, 6.07) is 9.06. The van der Waals surface area contributed by atoms with Crippen LogP contribution < -0.4 is 9.47 Å². The van der Waals surface area contributed by atoms with E-state index in [2.05, 4.69) is 0 Å². The Morgan fingerprint density at radius 2 is 1.86 bits per heavy atom. The Bertz CT molecular complexity index is 1040. The molecule has 2 aromatic rings. The minimum atomic E-state index is -3.89. The highest BCUT2D eigenvalue weighted by Gasteiger charge is 2.38. The average Bonchev–Trinajstić information content (AvgIpc) is 3.18. The summed E-state index contributed by atoms with van der Waals surface area (Å²) in [5, 5.41) is 11.1. The van der Waals surface area contributed by atoms with Crippen molar-refractivity contribution in [3.05, 3.63) is 57.6 Å². The third kappa shape index (κ3) is 3.20. The van der Waals surface area contributed by atoms with Crippen molar-refractivity contribution in [1.82, 2.24) is 4.31 Å². The molecular formula is C19H20N2O6S. The van der Waals surface area contributed by atoms with Crippen LogP contribution in [0.25, 0.3) is 0 Å². The fourth-order valence-corrected chi connectivity index (χ4v) is 5.66. The molecule has 0 bridgehead atoms. The second-order valence-electron chi connectivity index (χ2n) is 6.88. The maximum atomic E-state index is 13.3. The molecule has 0 N–H and O–H groups in total. The van der Waals surface area contributed by atoms with E-state index in [0.717, 1.165) is 11.6 Å². The normalized spacial score (nSPS) is 19.5. The van der Waals surface area contributed by atoms with Gasteiger partial charge in [-0.25, -0.2) is 8.42 Å². The fraction of sp³-hybridized carbons (Fsp3) is 0.368. The van der Waals surface area contributed by atoms with Gasteiger partial charge in [-0.1, -0.05) is 12.1 Å². The molecule has 148 valence electrons. The minimum absolute atomic E-state index is 0.0221. The molecule has 2 aliphatic heterocycles. The van der Waals surface area contributed by atoms with Crippen molar-refractivity contribution in [2.24, 2.45) is 0 Å². The number of nitro groups is 1. The van der Waals surface area contributed by atoms with Crippen LogP contribution >= 0.6 is 0 Å². The summed E-state index contributed by atoms with van der Waals surface area (Å²) >= 11 is 0. The summed E-state index contributed by atoms with van der Waals surface area (Å²) in [6.45, 7) is 2.95. The minimum Gasteiger partial charge on any atom is -0.486 e. The molecule has 8 nitrogen and oxygen atoms in total. The van der Waals surface area contributed by atoms with Crippen molar-refractivity contribution in [3.63, 3.8) is 0 Å². The van der Waals surface area contributed by atoms with Crippen LogP contribution in [0.3, 0.4) is 0 Å². The quantitative estimate of drug-likeness (QED) is 0.573. The molecule has 2 aromatic carbocycles. The van der Waals surface area contributed by atoms with E-state index in [9.17, 15) is 18.5 Å². The number of rotatable bonds is 4. The van der Waals surface area contributed by atoms with Crippen LogP contribution in [0.2, 0.25) is 0 Å². The van der Waals surface area contributed by atoms with E-state index >= 15 is 0 Å². The Labute approximate surface area is 162 Å². The van der Waals surface area contributed by atoms with Crippen LogP contribution in [-0.4, -0.2) is 37.4 Å². The van der Waals surface area contributed by atoms with Crippen LogP contribution in [0.4, 0.5) is 5.69 Å². The van der Waals surface area contributed by atoms with E-state index in [-0.39, 0.29) is 16.6 Å². The Morgan fingerprint density at radius 3 is 2.61 bits per heavy atom. The highest BCUT2D eigenvalue weighted by Crippen LogP contribution is 2.41. The number of non-ortho nitro benzene ring substituents is 1. The number of benzene rings is 2. The molecule has 0 radical (unpaired) electrons. The molecule has 1 saturated heterocycles. The predicted octanol–water partition coefficient (Wildman–Crippen LogP) is 3.20. The third-order valence-corrected chi connectivity index (χ3v) is 7.17. The molecule has 9 heteroatoms. The van der Waals surface area contributed by atoms with Gasteiger partial charge >= 0.3 is 0 Å². The molecule has 0 saturated carbocycles. The SMILES string of the molecule is Cc1ccc([N+](=O)[O-])cc1S(=O)(=O)N1CCC[C@H]1c1ccc2c(c1)OCCO2. The van der Waals surface area contributed by atoms with Gasteiger partial charge in [-0.3, -0.25) is 10.1 Å². The Balaban J connectivity index is 1.72. The van der Waals surface area contributed by atoms with Gasteiger partial charge in [0.1, 0.15) is 13.2 Å². The standard InChI is InChI=1S/C19H20N2O6S/c1-13-4-6-15(21(22)23)12-19(13)28(24,25)20-8-2-3-16(20)14-5-7-17-18(11-14)27-10-9-26-17/h4-7,11-12,16H,2-3,8-10H2,1H3/t16-/m0/s1. The zero-order valence-corrected chi connectivity index (χ0v) is 16.1. The average molecular weight is 404 g/mol. The van der Waals surface area contributed by atoms with Crippen LogP contribution in [0.1, 0.15) is 30.0 Å². The van der Waals surface area contributed by atoms with Gasteiger partial charge in [0.05, 0.1) is 15.9 Å². The number of nitro benzene ring substituents is 1. The number of fused-ring (bicyclic) bond motifs is 1. The molecule has 1 fully saturated rings. The molecule has 0 spiro atoms. The lowest BCUT2D eigenvalue weighted by atomic mass is 10.0. The lowest BCUT2D eigenvalue weighted by Crippen LogP contribution is -2.31. The van der Waals surface area contributed by atoms with Gasteiger partial charge in [0, 0.05) is 18.7 Å². The van der Waals surface area contributed by atoms with Gasteiger partial charge in [-0.15, -0.1) is 0 Å². The number of hydrogen-bond donors (Lipinski definition) is 0. The van der Waals surface area contributed by atoms with E-state index in [1.165, 1.54) is 16.4 Å². The Hall–Kier alpha value is -2.65. The van der Waals surface area contributed by atoms with Crippen molar-refractivity contribution >= 4 is 15.7 Å². The first kappa shape index (κ1) is 18.7. The van der Waals surface area contributed by atoms with E-state index in [0.29, 0.717) is 49.7 Å². The lowest BCUT2D eigenvalue weighted by molar-refractivity contribution is -0.385. The van der Waals surface area contributed by atoms with Gasteiger partial charge < -0.3 is 9.47 Å². The zero-order valence-electron chi connectivity index (χ0n) is 15.3. The molecule has 28 heavy (non-hydrogen) atoms. The fourth-order valence-electron chi connectivity index (χ4n) is 3.73. The van der Waals surface area contributed by atoms with E-state index in [1.807, 2.05) is 12.1 Å². The monoisotopic (exact) mass is 404 g/mol. The van der Waals surface area contributed by atoms with E-state index < -0.39 is 14.9 Å². The molecular weight excluding hydrogens is 384 g/mol. The molecule has 0 aromatic heterocycles. The van der Waals surface area contributed by atoms with Crippen LogP contribution in [-0.2, 0) is 10.0 Å². The smallest absolute Gasteiger partial charge is 0.270 e. The highest BCUT2D eigenvalue weighted by molar-refractivity contribution is 7.89. The molecule has 0 unspecified atom stereocenters.